The number of hydrogen-bond acceptors (Lipinski definition) is 4. The van der Waals surface area contributed by atoms with Gasteiger partial charge in [-0.15, -0.1) is 0 Å². The lowest BCUT2D eigenvalue weighted by molar-refractivity contribution is -0.0109. The van der Waals surface area contributed by atoms with Gasteiger partial charge in [0.05, 0.1) is 0 Å². The molecule has 1 atom stereocenters. The van der Waals surface area contributed by atoms with Crippen molar-refractivity contribution in [3.8, 4) is 0 Å². The van der Waals surface area contributed by atoms with Crippen LogP contribution in [0.2, 0.25) is 0 Å². The van der Waals surface area contributed by atoms with Crippen LogP contribution in [0.3, 0.4) is 0 Å². The van der Waals surface area contributed by atoms with Gasteiger partial charge in [0, 0.05) is 32.3 Å². The minimum atomic E-state index is -0.0717. The summed E-state index contributed by atoms with van der Waals surface area (Å²) in [5.74, 6) is 0. The highest BCUT2D eigenvalue weighted by atomic mass is 32.2. The summed E-state index contributed by atoms with van der Waals surface area (Å²) in [6.07, 6.45) is 4.01. The quantitative estimate of drug-likeness (QED) is 0.811. The Hall–Kier alpha value is -1.07. The Morgan fingerprint density at radius 2 is 2.15 bits per heavy atom. The average molecular weight is 289 g/mol. The van der Waals surface area contributed by atoms with Crippen LogP contribution in [-0.2, 0) is 6.54 Å². The molecule has 1 saturated heterocycles. The van der Waals surface area contributed by atoms with Crippen LogP contribution in [0.5, 0.6) is 0 Å². The van der Waals surface area contributed by atoms with Crippen molar-refractivity contribution in [1.29, 1.82) is 0 Å². The Bertz CT molecular complexity index is 486. The monoisotopic (exact) mass is 289 g/mol. The molecule has 1 fully saturated rings. The van der Waals surface area contributed by atoms with Crippen molar-refractivity contribution >= 4 is 12.1 Å². The molecule has 2 rings (SSSR count). The molecule has 1 unspecified atom stereocenters. The predicted octanol–water partition coefficient (Wildman–Crippen LogP) is 3.05. The highest BCUT2D eigenvalue weighted by Crippen LogP contribution is 2.41. The first-order valence-corrected chi connectivity index (χ1v) is 7.59. The lowest BCUT2D eigenvalue weighted by atomic mass is 9.88. The standard InChI is InChI=1S/C16H23N3S/c1-5-9-15-13-19(12-14-10-7-6-8-11-14)16(15,2)18(4)20-17-3/h5-11,17H,1,12-13H2,2-4H3/b15-9-. The number of nitrogens with zero attached hydrogens (tertiary/aromatic N) is 2. The molecular weight excluding hydrogens is 266 g/mol. The summed E-state index contributed by atoms with van der Waals surface area (Å²) < 4.78 is 5.41. The molecule has 0 saturated carbocycles. The summed E-state index contributed by atoms with van der Waals surface area (Å²) >= 11 is 1.62. The zero-order chi connectivity index (χ0) is 14.6. The van der Waals surface area contributed by atoms with Crippen LogP contribution >= 0.6 is 12.1 Å². The number of allylic oxidation sites excluding steroid dienone is 2. The first-order valence-electron chi connectivity index (χ1n) is 6.81. The molecule has 1 heterocycles. The minimum absolute atomic E-state index is 0.0717. The average Bonchev–Trinajstić information content (AvgIpc) is 2.46. The summed E-state index contributed by atoms with van der Waals surface area (Å²) in [5, 5.41) is 0. The second-order valence-electron chi connectivity index (χ2n) is 5.08. The molecule has 1 aliphatic heterocycles. The van der Waals surface area contributed by atoms with Crippen LogP contribution in [0, 0.1) is 0 Å². The number of rotatable bonds is 6. The highest BCUT2D eigenvalue weighted by Gasteiger charge is 2.48. The molecule has 0 radical (unpaired) electrons. The fourth-order valence-electron chi connectivity index (χ4n) is 2.61. The minimum Gasteiger partial charge on any atom is -0.273 e. The van der Waals surface area contributed by atoms with Crippen LogP contribution in [0.4, 0.5) is 0 Å². The van der Waals surface area contributed by atoms with Crippen molar-refractivity contribution in [2.45, 2.75) is 19.1 Å². The SMILES string of the molecule is C=C/C=C1/CN(Cc2ccccc2)C1(C)N(C)SNC. The topological polar surface area (TPSA) is 18.5 Å². The van der Waals surface area contributed by atoms with Gasteiger partial charge in [-0.25, -0.2) is 4.31 Å². The Balaban J connectivity index is 2.17. The van der Waals surface area contributed by atoms with Crippen LogP contribution in [0.1, 0.15) is 12.5 Å². The molecule has 0 amide bonds. The van der Waals surface area contributed by atoms with Gasteiger partial charge in [-0.1, -0.05) is 49.1 Å². The van der Waals surface area contributed by atoms with E-state index in [4.69, 9.17) is 0 Å². The van der Waals surface area contributed by atoms with Crippen LogP contribution in [-0.4, -0.2) is 35.5 Å². The molecule has 0 aliphatic carbocycles. The predicted molar refractivity (Wildman–Crippen MR) is 88.0 cm³/mol. The van der Waals surface area contributed by atoms with Gasteiger partial charge in [-0.2, -0.15) is 0 Å². The third-order valence-electron chi connectivity index (χ3n) is 3.96. The van der Waals surface area contributed by atoms with Gasteiger partial charge in [-0.05, 0) is 25.1 Å². The first-order chi connectivity index (χ1) is 9.62. The van der Waals surface area contributed by atoms with Gasteiger partial charge in [0.15, 0.2) is 0 Å². The van der Waals surface area contributed by atoms with Gasteiger partial charge in [0.1, 0.15) is 5.66 Å². The molecule has 108 valence electrons. The summed E-state index contributed by atoms with van der Waals surface area (Å²) in [5.41, 5.74) is 2.67. The number of benzene rings is 1. The van der Waals surface area contributed by atoms with Crippen molar-refractivity contribution in [2.75, 3.05) is 20.6 Å². The van der Waals surface area contributed by atoms with E-state index in [2.05, 4.69) is 70.9 Å². The maximum Gasteiger partial charge on any atom is 0.105 e. The Morgan fingerprint density at radius 3 is 2.75 bits per heavy atom. The van der Waals surface area contributed by atoms with Gasteiger partial charge in [0.2, 0.25) is 0 Å². The third kappa shape index (κ3) is 2.83. The molecule has 0 spiro atoms. The number of nitrogens with one attached hydrogen (secondary N) is 1. The summed E-state index contributed by atoms with van der Waals surface area (Å²) in [7, 11) is 4.07. The lowest BCUT2D eigenvalue weighted by Crippen LogP contribution is -2.66. The Labute approximate surface area is 126 Å². The Kier molecular flexibility index (Phi) is 5.05. The van der Waals surface area contributed by atoms with E-state index < -0.39 is 0 Å². The maximum atomic E-state index is 3.83. The molecule has 0 aromatic heterocycles. The summed E-state index contributed by atoms with van der Waals surface area (Å²) in [4.78, 5) is 2.47. The molecule has 3 nitrogen and oxygen atoms in total. The van der Waals surface area contributed by atoms with E-state index in [0.717, 1.165) is 13.1 Å². The Morgan fingerprint density at radius 1 is 1.45 bits per heavy atom. The molecule has 1 aromatic rings. The smallest absolute Gasteiger partial charge is 0.105 e. The maximum absolute atomic E-state index is 3.83. The second-order valence-corrected chi connectivity index (χ2v) is 6.22. The highest BCUT2D eigenvalue weighted by molar-refractivity contribution is 7.95. The number of hydrogen-bond donors (Lipinski definition) is 1. The zero-order valence-corrected chi connectivity index (χ0v) is 13.3. The van der Waals surface area contributed by atoms with Gasteiger partial charge in [0.25, 0.3) is 0 Å². The van der Waals surface area contributed by atoms with E-state index in [0.29, 0.717) is 0 Å². The normalized spacial score (nSPS) is 24.9. The molecule has 1 N–H and O–H groups in total. The fourth-order valence-corrected chi connectivity index (χ4v) is 3.30. The van der Waals surface area contributed by atoms with Crippen LogP contribution in [0.25, 0.3) is 0 Å². The second kappa shape index (κ2) is 6.59. The zero-order valence-electron chi connectivity index (χ0n) is 12.5. The van der Waals surface area contributed by atoms with Crippen molar-refractivity contribution in [2.24, 2.45) is 0 Å². The van der Waals surface area contributed by atoms with E-state index >= 15 is 0 Å². The number of likely N-dealkylation sites (N-methyl/N-ethyl adjacent to an activating group) is 1. The van der Waals surface area contributed by atoms with Crippen molar-refractivity contribution in [3.63, 3.8) is 0 Å². The van der Waals surface area contributed by atoms with Gasteiger partial charge >= 0.3 is 0 Å². The number of likely N-dealkylation sites (tertiary alicyclic amines) is 1. The molecular formula is C16H23N3S. The molecule has 0 bridgehead atoms. The molecule has 1 aliphatic rings. The van der Waals surface area contributed by atoms with E-state index in [1.807, 2.05) is 13.1 Å². The molecule has 1 aromatic carbocycles. The third-order valence-corrected chi connectivity index (χ3v) is 4.77. The van der Waals surface area contributed by atoms with E-state index in [-0.39, 0.29) is 5.66 Å². The van der Waals surface area contributed by atoms with Crippen molar-refractivity contribution in [3.05, 3.63) is 60.2 Å². The molecule has 4 heteroatoms. The van der Waals surface area contributed by atoms with E-state index in [9.17, 15) is 0 Å². The largest absolute Gasteiger partial charge is 0.273 e. The van der Waals surface area contributed by atoms with Gasteiger partial charge < -0.3 is 0 Å². The van der Waals surface area contributed by atoms with Gasteiger partial charge in [-0.3, -0.25) is 9.62 Å². The first kappa shape index (κ1) is 15.3. The van der Waals surface area contributed by atoms with E-state index in [1.165, 1.54) is 11.1 Å². The summed E-state index contributed by atoms with van der Waals surface area (Å²) in [6, 6.07) is 10.6. The van der Waals surface area contributed by atoms with Crippen molar-refractivity contribution < 1.29 is 0 Å². The van der Waals surface area contributed by atoms with Crippen molar-refractivity contribution in [1.82, 2.24) is 13.9 Å². The molecule has 20 heavy (non-hydrogen) atoms. The van der Waals surface area contributed by atoms with Crippen LogP contribution < -0.4 is 4.72 Å². The summed E-state index contributed by atoms with van der Waals surface area (Å²) in [6.45, 7) is 8.04. The lowest BCUT2D eigenvalue weighted by Gasteiger charge is -2.56. The van der Waals surface area contributed by atoms with Crippen LogP contribution in [0.15, 0.2) is 54.6 Å². The fraction of sp³-hybridized carbons (Fsp3) is 0.375. The van der Waals surface area contributed by atoms with E-state index in [1.54, 1.807) is 12.1 Å².